The Kier molecular flexibility index (Phi) is 4.25. The van der Waals surface area contributed by atoms with Crippen molar-refractivity contribution in [1.29, 1.82) is 0 Å². The molecule has 1 amide bonds. The number of rotatable bonds is 3. The van der Waals surface area contributed by atoms with Gasteiger partial charge in [-0.1, -0.05) is 18.2 Å². The molecule has 0 aliphatic carbocycles. The van der Waals surface area contributed by atoms with Gasteiger partial charge in [-0.05, 0) is 24.3 Å². The molecule has 2 aromatic carbocycles. The second kappa shape index (κ2) is 7.06. The molecular weight excluding hydrogens is 386 g/mol. The molecule has 0 radical (unpaired) electrons. The van der Waals surface area contributed by atoms with Gasteiger partial charge in [-0.2, -0.15) is 5.10 Å². The average Bonchev–Trinajstić information content (AvgIpc) is 3.35. The van der Waals surface area contributed by atoms with E-state index in [4.69, 9.17) is 9.84 Å². The molecule has 0 unspecified atom stereocenters. The lowest BCUT2D eigenvalue weighted by atomic mass is 10.1. The first kappa shape index (κ1) is 17.4. The number of nitrogens with zero attached hydrogens (tertiary/aromatic N) is 3. The van der Waals surface area contributed by atoms with Crippen LogP contribution >= 0.6 is 11.3 Å². The summed E-state index contributed by atoms with van der Waals surface area (Å²) in [7, 11) is 1.74. The number of hydrogen-bond donors (Lipinski definition) is 2. The summed E-state index contributed by atoms with van der Waals surface area (Å²) in [5.74, 6) is 0.507. The van der Waals surface area contributed by atoms with Crippen molar-refractivity contribution in [3.8, 4) is 17.0 Å². The molecular formula is C21H17N5O2S. The molecule has 144 valence electrons. The van der Waals surface area contributed by atoms with Crippen LogP contribution in [0.1, 0.15) is 5.56 Å². The quantitative estimate of drug-likeness (QED) is 0.514. The van der Waals surface area contributed by atoms with Crippen LogP contribution in [0.15, 0.2) is 64.1 Å². The minimum Gasteiger partial charge on any atom is -0.482 e. The summed E-state index contributed by atoms with van der Waals surface area (Å²) in [6, 6.07) is 13.8. The predicted molar refractivity (Wildman–Crippen MR) is 115 cm³/mol. The highest BCUT2D eigenvalue weighted by molar-refractivity contribution is 7.07. The second-order valence-electron chi connectivity index (χ2n) is 6.52. The van der Waals surface area contributed by atoms with Gasteiger partial charge in [0, 0.05) is 40.7 Å². The number of H-pyrrole nitrogens is 1. The number of aromatic nitrogens is 2. The van der Waals surface area contributed by atoms with Gasteiger partial charge in [-0.3, -0.25) is 9.79 Å². The van der Waals surface area contributed by atoms with Crippen LogP contribution in [0, 0.1) is 0 Å². The zero-order valence-electron chi connectivity index (χ0n) is 15.5. The van der Waals surface area contributed by atoms with Crippen LogP contribution in [0.3, 0.4) is 0 Å². The third kappa shape index (κ3) is 3.13. The number of hydrogen-bond acceptors (Lipinski definition) is 5. The topological polar surface area (TPSA) is 83.8 Å². The Hall–Kier alpha value is -3.65. The number of thiazole rings is 1. The first-order chi connectivity index (χ1) is 14.2. The van der Waals surface area contributed by atoms with E-state index in [0.29, 0.717) is 11.4 Å². The van der Waals surface area contributed by atoms with Gasteiger partial charge >= 0.3 is 0 Å². The summed E-state index contributed by atoms with van der Waals surface area (Å²) < 4.78 is 7.26. The van der Waals surface area contributed by atoms with Crippen molar-refractivity contribution in [2.75, 3.05) is 19.0 Å². The maximum Gasteiger partial charge on any atom is 0.262 e. The van der Waals surface area contributed by atoms with Gasteiger partial charge in [0.15, 0.2) is 6.61 Å². The van der Waals surface area contributed by atoms with Gasteiger partial charge in [0.25, 0.3) is 5.91 Å². The lowest BCUT2D eigenvalue weighted by Crippen LogP contribution is -2.25. The molecule has 0 saturated carbocycles. The number of benzene rings is 2. The second-order valence-corrected chi connectivity index (χ2v) is 7.36. The fourth-order valence-electron chi connectivity index (χ4n) is 3.32. The Morgan fingerprint density at radius 3 is 3.03 bits per heavy atom. The normalized spacial score (nSPS) is 14.2. The molecule has 8 heteroatoms. The molecule has 0 bridgehead atoms. The van der Waals surface area contributed by atoms with Crippen molar-refractivity contribution >= 4 is 40.0 Å². The van der Waals surface area contributed by atoms with Gasteiger partial charge in [-0.15, -0.1) is 11.3 Å². The molecule has 3 heterocycles. The lowest BCUT2D eigenvalue weighted by molar-refractivity contribution is -0.118. The molecule has 7 nitrogen and oxygen atoms in total. The van der Waals surface area contributed by atoms with Gasteiger partial charge in [-0.25, -0.2) is 4.68 Å². The molecule has 5 rings (SSSR count). The zero-order chi connectivity index (χ0) is 19.8. The van der Waals surface area contributed by atoms with Crippen molar-refractivity contribution in [2.45, 2.75) is 0 Å². The zero-order valence-corrected chi connectivity index (χ0v) is 16.4. The Bertz CT molecular complexity index is 1330. The number of aromatic amines is 1. The molecule has 4 aromatic rings. The summed E-state index contributed by atoms with van der Waals surface area (Å²) in [5, 5.41) is 10.7. The predicted octanol–water partition coefficient (Wildman–Crippen LogP) is 3.44. The van der Waals surface area contributed by atoms with Crippen molar-refractivity contribution in [2.24, 2.45) is 10.1 Å². The van der Waals surface area contributed by atoms with Gasteiger partial charge < -0.3 is 15.0 Å². The largest absolute Gasteiger partial charge is 0.482 e. The molecule has 1 aliphatic heterocycles. The van der Waals surface area contributed by atoms with Gasteiger partial charge in [0.05, 0.1) is 17.6 Å². The number of nitrogens with one attached hydrogen (secondary N) is 2. The van der Waals surface area contributed by atoms with Gasteiger partial charge in [0.2, 0.25) is 4.80 Å². The maximum absolute atomic E-state index is 11.7. The van der Waals surface area contributed by atoms with E-state index in [0.717, 1.165) is 32.5 Å². The van der Waals surface area contributed by atoms with Crippen LogP contribution in [-0.4, -0.2) is 35.4 Å². The van der Waals surface area contributed by atoms with E-state index in [-0.39, 0.29) is 12.5 Å². The monoisotopic (exact) mass is 403 g/mol. The Balaban J connectivity index is 1.58. The number of carbonyl (C=O) groups excluding carboxylic acids is 1. The molecule has 1 aliphatic rings. The molecule has 0 atom stereocenters. The Morgan fingerprint density at radius 1 is 1.24 bits per heavy atom. The highest BCUT2D eigenvalue weighted by atomic mass is 32.1. The third-order valence-corrected chi connectivity index (χ3v) is 5.63. The molecule has 2 aromatic heterocycles. The van der Waals surface area contributed by atoms with Crippen LogP contribution in [0.4, 0.5) is 5.69 Å². The minimum atomic E-state index is -0.158. The van der Waals surface area contributed by atoms with Crippen molar-refractivity contribution in [3.63, 3.8) is 0 Å². The van der Waals surface area contributed by atoms with E-state index in [2.05, 4.69) is 21.4 Å². The standard InChI is InChI=1S/C21H17N5O2S/c1-22-21-26(24-10-14-9-23-16-5-3-2-4-15(14)16)18(12-29-21)13-6-7-19-17(8-13)25-20(27)11-28-19/h2-10,12,23H,11H2,1H3,(H,25,27). The molecule has 0 saturated heterocycles. The highest BCUT2D eigenvalue weighted by Crippen LogP contribution is 2.32. The number of ether oxygens (including phenoxy) is 1. The van der Waals surface area contributed by atoms with E-state index >= 15 is 0 Å². The fraction of sp³-hybridized carbons (Fsp3) is 0.0952. The van der Waals surface area contributed by atoms with Crippen LogP contribution < -0.4 is 14.9 Å². The average molecular weight is 403 g/mol. The number of fused-ring (bicyclic) bond motifs is 2. The summed E-state index contributed by atoms with van der Waals surface area (Å²) >= 11 is 1.51. The van der Waals surface area contributed by atoms with Crippen LogP contribution in [0.5, 0.6) is 5.75 Å². The van der Waals surface area contributed by atoms with Crippen molar-refractivity contribution in [3.05, 3.63) is 64.4 Å². The minimum absolute atomic E-state index is 0.0403. The Morgan fingerprint density at radius 2 is 2.14 bits per heavy atom. The van der Waals surface area contributed by atoms with Crippen LogP contribution in [0.25, 0.3) is 22.2 Å². The third-order valence-electron chi connectivity index (χ3n) is 4.72. The first-order valence-electron chi connectivity index (χ1n) is 9.04. The number of anilines is 1. The molecule has 0 spiro atoms. The molecule has 2 N–H and O–H groups in total. The number of para-hydroxylation sites is 1. The Labute approximate surface area is 170 Å². The van der Waals surface area contributed by atoms with E-state index in [1.807, 2.05) is 54.2 Å². The van der Waals surface area contributed by atoms with Crippen molar-refractivity contribution < 1.29 is 9.53 Å². The molecule has 0 fully saturated rings. The lowest BCUT2D eigenvalue weighted by Gasteiger charge is -2.18. The van der Waals surface area contributed by atoms with E-state index in [9.17, 15) is 4.79 Å². The number of carbonyl (C=O) groups is 1. The first-order valence-corrected chi connectivity index (χ1v) is 9.92. The molecule has 29 heavy (non-hydrogen) atoms. The van der Waals surface area contributed by atoms with Crippen LogP contribution in [-0.2, 0) is 4.79 Å². The summed E-state index contributed by atoms with van der Waals surface area (Å²) in [5.41, 5.74) is 4.52. The van der Waals surface area contributed by atoms with E-state index < -0.39 is 0 Å². The SMILES string of the molecule is CN=c1scc(-c2ccc3c(c2)NC(=O)CO3)n1N=Cc1c[nH]c2ccccc12. The highest BCUT2D eigenvalue weighted by Gasteiger charge is 2.17. The summed E-state index contributed by atoms with van der Waals surface area (Å²) in [4.78, 5) is 20.0. The maximum atomic E-state index is 11.7. The van der Waals surface area contributed by atoms with Crippen LogP contribution in [0.2, 0.25) is 0 Å². The van der Waals surface area contributed by atoms with Gasteiger partial charge in [0.1, 0.15) is 5.75 Å². The summed E-state index contributed by atoms with van der Waals surface area (Å²) in [6.45, 7) is 0.0403. The smallest absolute Gasteiger partial charge is 0.262 e. The van der Waals surface area contributed by atoms with Crippen molar-refractivity contribution in [1.82, 2.24) is 9.66 Å². The van der Waals surface area contributed by atoms with E-state index in [1.54, 1.807) is 11.7 Å². The summed E-state index contributed by atoms with van der Waals surface area (Å²) in [6.07, 6.45) is 3.77. The fourth-order valence-corrected chi connectivity index (χ4v) is 4.13. The number of amides is 1. The van der Waals surface area contributed by atoms with E-state index in [1.165, 1.54) is 11.3 Å².